The van der Waals surface area contributed by atoms with Crippen molar-refractivity contribution >= 4 is 35.2 Å². The second kappa shape index (κ2) is 12.7. The molecule has 1 spiro atoms. The molecule has 8 atom stereocenters. The van der Waals surface area contributed by atoms with Crippen molar-refractivity contribution in [2.24, 2.45) is 23.7 Å². The van der Waals surface area contributed by atoms with E-state index >= 15 is 0 Å². The van der Waals surface area contributed by atoms with Gasteiger partial charge >= 0.3 is 0 Å². The number of nitrogens with one attached hydrogen (secondary N) is 2. The van der Waals surface area contributed by atoms with E-state index in [2.05, 4.69) is 24.5 Å². The summed E-state index contributed by atoms with van der Waals surface area (Å²) >= 11 is 1.59. The first kappa shape index (κ1) is 31.5. The zero-order valence-corrected chi connectivity index (χ0v) is 27.4. The number of benzene rings is 2. The van der Waals surface area contributed by atoms with Crippen LogP contribution in [0.5, 0.6) is 11.5 Å². The van der Waals surface area contributed by atoms with Crippen molar-refractivity contribution in [2.45, 2.75) is 68.2 Å². The minimum atomic E-state index is -1.21. The minimum Gasteiger partial charge on any atom is -0.493 e. The molecule has 2 aromatic carbocycles. The molecule has 1 saturated carbocycles. The van der Waals surface area contributed by atoms with E-state index in [4.69, 9.17) is 14.2 Å². The molecule has 2 aromatic rings. The molecule has 1 aliphatic carbocycles. The van der Waals surface area contributed by atoms with Crippen molar-refractivity contribution in [3.63, 3.8) is 0 Å². The number of likely N-dealkylation sites (tertiary alicyclic amines) is 1. The Kier molecular flexibility index (Phi) is 8.89. The number of nitrogens with zero attached hydrogens (tertiary/aromatic N) is 1. The van der Waals surface area contributed by atoms with E-state index in [0.29, 0.717) is 35.4 Å². The maximum Gasteiger partial charge on any atom is 0.246 e. The van der Waals surface area contributed by atoms with Crippen LogP contribution in [0, 0.1) is 23.7 Å². The van der Waals surface area contributed by atoms with Crippen molar-refractivity contribution < 1.29 is 28.6 Å². The van der Waals surface area contributed by atoms with E-state index < -0.39 is 29.6 Å². The van der Waals surface area contributed by atoms with Gasteiger partial charge in [-0.2, -0.15) is 0 Å². The Bertz CT molecular complexity index is 1500. The topological polar surface area (TPSA) is 106 Å². The summed E-state index contributed by atoms with van der Waals surface area (Å²) < 4.78 is 17.4. The van der Waals surface area contributed by atoms with Gasteiger partial charge in [-0.1, -0.05) is 51.0 Å². The first-order valence-corrected chi connectivity index (χ1v) is 17.1. The predicted octanol–water partition coefficient (Wildman–Crippen LogP) is 4.70. The summed E-state index contributed by atoms with van der Waals surface area (Å²) in [6.07, 6.45) is 8.70. The fourth-order valence-electron chi connectivity index (χ4n) is 7.77. The van der Waals surface area contributed by atoms with Crippen LogP contribution >= 0.6 is 11.8 Å². The molecule has 45 heavy (non-hydrogen) atoms. The lowest BCUT2D eigenvalue weighted by molar-refractivity contribution is -0.141. The molecule has 4 aliphatic rings. The third-order valence-corrected chi connectivity index (χ3v) is 11.1. The Labute approximate surface area is 269 Å². The third-order valence-electron chi connectivity index (χ3n) is 10.4. The number of anilines is 1. The molecule has 9 nitrogen and oxygen atoms in total. The Hall–Kier alpha value is -3.50. The summed E-state index contributed by atoms with van der Waals surface area (Å²) in [5, 5.41) is 6.35. The van der Waals surface area contributed by atoms with E-state index in [1.807, 2.05) is 60.9 Å². The smallest absolute Gasteiger partial charge is 0.246 e. The van der Waals surface area contributed by atoms with Crippen molar-refractivity contribution in [3.8, 4) is 11.5 Å². The Morgan fingerprint density at radius 2 is 1.87 bits per heavy atom. The van der Waals surface area contributed by atoms with Gasteiger partial charge in [0, 0.05) is 23.2 Å². The van der Waals surface area contributed by atoms with Crippen LogP contribution in [0.25, 0.3) is 0 Å². The largest absolute Gasteiger partial charge is 0.493 e. The van der Waals surface area contributed by atoms with Gasteiger partial charge in [0.05, 0.1) is 32.2 Å². The molecular weight excluding hydrogens is 590 g/mol. The van der Waals surface area contributed by atoms with Gasteiger partial charge in [0.15, 0.2) is 11.5 Å². The van der Waals surface area contributed by atoms with Gasteiger partial charge in [0.2, 0.25) is 17.7 Å². The number of fused-ring (bicyclic) bond motifs is 1. The number of thioether (sulfide) groups is 1. The molecule has 3 fully saturated rings. The van der Waals surface area contributed by atoms with E-state index in [1.54, 1.807) is 30.9 Å². The zero-order chi connectivity index (χ0) is 31.9. The number of methoxy groups -OCH3 is 2. The number of carbonyl (C=O) groups is 3. The van der Waals surface area contributed by atoms with Gasteiger partial charge in [-0.05, 0) is 66.8 Å². The van der Waals surface area contributed by atoms with E-state index in [0.717, 1.165) is 29.7 Å². The SMILES string of the molecule is COc1ccc(CCN2C(=O)C3C(C(=O)Nc4cccc(SC)c4)C4C=CC3(O4)C2C(=O)NC2CCCC(C)C2C)cc1OC. The van der Waals surface area contributed by atoms with Crippen molar-refractivity contribution in [2.75, 3.05) is 32.3 Å². The molecule has 3 heterocycles. The highest BCUT2D eigenvalue weighted by atomic mass is 32.2. The Morgan fingerprint density at radius 3 is 2.62 bits per heavy atom. The Balaban J connectivity index is 1.30. The summed E-state index contributed by atoms with van der Waals surface area (Å²) in [6, 6.07) is 12.4. The summed E-state index contributed by atoms with van der Waals surface area (Å²) in [5.74, 6) is -0.256. The fraction of sp³-hybridized carbons (Fsp3) is 0.514. The highest BCUT2D eigenvalue weighted by Crippen LogP contribution is 2.55. The monoisotopic (exact) mass is 633 g/mol. The summed E-state index contributed by atoms with van der Waals surface area (Å²) in [4.78, 5) is 45.3. The van der Waals surface area contributed by atoms with Crippen LogP contribution in [-0.4, -0.2) is 73.4 Å². The molecule has 2 bridgehead atoms. The number of carbonyl (C=O) groups excluding carboxylic acids is 3. The average molecular weight is 634 g/mol. The molecule has 2 saturated heterocycles. The number of hydrogen-bond donors (Lipinski definition) is 2. The molecule has 6 rings (SSSR count). The summed E-state index contributed by atoms with van der Waals surface area (Å²) in [5.41, 5.74) is 0.390. The van der Waals surface area contributed by atoms with Crippen molar-refractivity contribution in [1.82, 2.24) is 10.2 Å². The zero-order valence-electron chi connectivity index (χ0n) is 26.6. The molecule has 0 aromatic heterocycles. The van der Waals surface area contributed by atoms with Crippen LogP contribution < -0.4 is 20.1 Å². The molecule has 8 unspecified atom stereocenters. The summed E-state index contributed by atoms with van der Waals surface area (Å²) in [7, 11) is 3.17. The molecular formula is C35H43N3O6S. The number of amides is 3. The van der Waals surface area contributed by atoms with Gasteiger partial charge in [-0.15, -0.1) is 11.8 Å². The average Bonchev–Trinajstić information content (AvgIpc) is 3.69. The standard InChI is InChI=1S/C35H43N3O6S/c1-20-8-6-11-25(21(20)2)37-33(40)31-35-16-14-27(44-35)29(32(39)36-23-9-7-10-24(19-23)45-5)30(35)34(41)38(31)17-15-22-12-13-26(42-3)28(18-22)43-4/h7,9-10,12-14,16,18-21,25,27,29-31H,6,8,11,15,17H2,1-5H3,(H,36,39)(H,37,40). The van der Waals surface area contributed by atoms with Crippen LogP contribution in [0.1, 0.15) is 38.7 Å². The molecule has 0 radical (unpaired) electrons. The van der Waals surface area contributed by atoms with Crippen molar-refractivity contribution in [1.29, 1.82) is 0 Å². The second-order valence-corrected chi connectivity index (χ2v) is 13.7. The highest BCUT2D eigenvalue weighted by molar-refractivity contribution is 7.98. The second-order valence-electron chi connectivity index (χ2n) is 12.8. The van der Waals surface area contributed by atoms with E-state index in [1.165, 1.54) is 0 Å². The van der Waals surface area contributed by atoms with Crippen LogP contribution in [0.3, 0.4) is 0 Å². The molecule has 2 N–H and O–H groups in total. The highest BCUT2D eigenvalue weighted by Gasteiger charge is 2.72. The maximum atomic E-state index is 14.4. The molecule has 3 amide bonds. The van der Waals surface area contributed by atoms with E-state index in [9.17, 15) is 14.4 Å². The third kappa shape index (κ3) is 5.60. The predicted molar refractivity (Wildman–Crippen MR) is 173 cm³/mol. The van der Waals surface area contributed by atoms with Crippen LogP contribution in [0.2, 0.25) is 0 Å². The van der Waals surface area contributed by atoms with E-state index in [-0.39, 0.29) is 30.3 Å². The van der Waals surface area contributed by atoms with Gasteiger partial charge < -0.3 is 29.7 Å². The van der Waals surface area contributed by atoms with Crippen molar-refractivity contribution in [3.05, 3.63) is 60.2 Å². The number of hydrogen-bond acceptors (Lipinski definition) is 7. The lowest BCUT2D eigenvalue weighted by Crippen LogP contribution is -2.58. The first-order chi connectivity index (χ1) is 21.7. The molecule has 10 heteroatoms. The van der Waals surface area contributed by atoms with Gasteiger partial charge in [0.1, 0.15) is 11.6 Å². The first-order valence-electron chi connectivity index (χ1n) is 15.8. The van der Waals surface area contributed by atoms with Gasteiger partial charge in [0.25, 0.3) is 0 Å². The Morgan fingerprint density at radius 1 is 1.07 bits per heavy atom. The number of rotatable bonds is 10. The summed E-state index contributed by atoms with van der Waals surface area (Å²) in [6.45, 7) is 4.70. The molecule has 3 aliphatic heterocycles. The van der Waals surface area contributed by atoms with Crippen LogP contribution in [0.4, 0.5) is 5.69 Å². The molecule has 240 valence electrons. The maximum absolute atomic E-state index is 14.4. The van der Waals surface area contributed by atoms with Gasteiger partial charge in [-0.25, -0.2) is 0 Å². The quantitative estimate of drug-likeness (QED) is 0.289. The minimum absolute atomic E-state index is 0.0184. The normalized spacial score (nSPS) is 31.5. The van der Waals surface area contributed by atoms with Crippen LogP contribution in [0.15, 0.2) is 59.5 Å². The lowest BCUT2D eigenvalue weighted by Gasteiger charge is -2.38. The number of ether oxygens (including phenoxy) is 3. The lowest BCUT2D eigenvalue weighted by atomic mass is 9.73. The van der Waals surface area contributed by atoms with Gasteiger partial charge in [-0.3, -0.25) is 14.4 Å². The fourth-order valence-corrected chi connectivity index (χ4v) is 8.23. The van der Waals surface area contributed by atoms with Crippen LogP contribution in [-0.2, 0) is 25.5 Å².